The van der Waals surface area contributed by atoms with E-state index in [-0.39, 0.29) is 5.91 Å². The van der Waals surface area contributed by atoms with E-state index in [4.69, 9.17) is 11.6 Å². The summed E-state index contributed by atoms with van der Waals surface area (Å²) in [6.07, 6.45) is 17.2. The predicted molar refractivity (Wildman–Crippen MR) is 128 cm³/mol. The monoisotopic (exact) mass is 424 g/mol. The van der Waals surface area contributed by atoms with Crippen molar-refractivity contribution in [3.8, 4) is 0 Å². The molecule has 1 amide bonds. The van der Waals surface area contributed by atoms with Crippen LogP contribution in [0.4, 0.5) is 5.69 Å². The van der Waals surface area contributed by atoms with Crippen molar-refractivity contribution in [1.29, 1.82) is 0 Å². The fourth-order valence-electron chi connectivity index (χ4n) is 4.79. The molecule has 1 N–H and O–H groups in total. The van der Waals surface area contributed by atoms with Crippen molar-refractivity contribution in [2.75, 3.05) is 12.4 Å². The van der Waals surface area contributed by atoms with Crippen molar-refractivity contribution in [1.82, 2.24) is 0 Å². The lowest BCUT2D eigenvalue weighted by Gasteiger charge is -2.28. The van der Waals surface area contributed by atoms with Crippen LogP contribution in [0.15, 0.2) is 64.7 Å². The van der Waals surface area contributed by atoms with E-state index < -0.39 is 0 Å². The summed E-state index contributed by atoms with van der Waals surface area (Å²) in [6, 6.07) is 7.31. The molecule has 1 aromatic rings. The Morgan fingerprint density at radius 3 is 2.37 bits per heavy atom. The standard InChI is InChI=1S/C26H33ClN2O/c1-3-23(24-12-4-5-13-25(24)28-2)20-10-6-8-19(9-7-11-20)18-26(30)29-22-16-14-21(27)15-17-22/h4-5,12-17,19-20H,3,6-11,18H2,1-2H3,(H,29,30)/b24-23+,28-25?. The number of anilines is 1. The van der Waals surface area contributed by atoms with Gasteiger partial charge in [0.15, 0.2) is 0 Å². The van der Waals surface area contributed by atoms with E-state index in [1.54, 1.807) is 17.7 Å². The summed E-state index contributed by atoms with van der Waals surface area (Å²) in [5.41, 5.74) is 4.80. The van der Waals surface area contributed by atoms with Crippen LogP contribution >= 0.6 is 11.6 Å². The molecule has 2 aliphatic carbocycles. The molecule has 4 heteroatoms. The molecular weight excluding hydrogens is 392 g/mol. The molecule has 2 aliphatic rings. The first-order chi connectivity index (χ1) is 14.6. The molecule has 0 aliphatic heterocycles. The van der Waals surface area contributed by atoms with Crippen LogP contribution in [0.1, 0.15) is 58.3 Å². The molecule has 0 saturated heterocycles. The molecule has 3 rings (SSSR count). The number of benzene rings is 1. The van der Waals surface area contributed by atoms with Crippen LogP contribution in [0.2, 0.25) is 5.02 Å². The number of hydrogen-bond acceptors (Lipinski definition) is 2. The number of halogens is 1. The second-order valence-corrected chi connectivity index (χ2v) is 8.74. The topological polar surface area (TPSA) is 41.5 Å². The first-order valence-electron chi connectivity index (χ1n) is 11.2. The van der Waals surface area contributed by atoms with Crippen LogP contribution in [0.25, 0.3) is 0 Å². The quantitative estimate of drug-likeness (QED) is 0.535. The Labute approximate surface area is 186 Å². The minimum absolute atomic E-state index is 0.110. The molecule has 0 aromatic heterocycles. The number of amides is 1. The maximum atomic E-state index is 12.5. The molecule has 0 spiro atoms. The summed E-state index contributed by atoms with van der Waals surface area (Å²) < 4.78 is 0. The molecule has 3 nitrogen and oxygen atoms in total. The van der Waals surface area contributed by atoms with E-state index in [1.165, 1.54) is 31.3 Å². The van der Waals surface area contributed by atoms with Gasteiger partial charge in [-0.1, -0.05) is 55.2 Å². The van der Waals surface area contributed by atoms with Gasteiger partial charge in [-0.15, -0.1) is 0 Å². The summed E-state index contributed by atoms with van der Waals surface area (Å²) in [6.45, 7) is 2.27. The first-order valence-corrected chi connectivity index (χ1v) is 11.6. The fraction of sp³-hybridized carbons (Fsp3) is 0.462. The molecule has 30 heavy (non-hydrogen) atoms. The molecular formula is C26H33ClN2O. The summed E-state index contributed by atoms with van der Waals surface area (Å²) in [5.74, 6) is 1.21. The van der Waals surface area contributed by atoms with Crippen molar-refractivity contribution in [3.63, 3.8) is 0 Å². The van der Waals surface area contributed by atoms with Crippen molar-refractivity contribution in [2.45, 2.75) is 58.3 Å². The minimum Gasteiger partial charge on any atom is -0.326 e. The highest BCUT2D eigenvalue weighted by atomic mass is 35.5. The highest BCUT2D eigenvalue weighted by molar-refractivity contribution is 6.30. The van der Waals surface area contributed by atoms with Gasteiger partial charge in [0.05, 0.1) is 5.71 Å². The summed E-state index contributed by atoms with van der Waals surface area (Å²) in [4.78, 5) is 17.0. The van der Waals surface area contributed by atoms with E-state index in [0.29, 0.717) is 23.3 Å². The van der Waals surface area contributed by atoms with Gasteiger partial charge in [-0.2, -0.15) is 0 Å². The van der Waals surface area contributed by atoms with Crippen LogP contribution < -0.4 is 5.32 Å². The largest absolute Gasteiger partial charge is 0.326 e. The van der Waals surface area contributed by atoms with Crippen LogP contribution in [0.5, 0.6) is 0 Å². The molecule has 0 heterocycles. The molecule has 0 unspecified atom stereocenters. The molecule has 0 atom stereocenters. The van der Waals surface area contributed by atoms with E-state index in [9.17, 15) is 4.79 Å². The number of carbonyl (C=O) groups excluding carboxylic acids is 1. The lowest BCUT2D eigenvalue weighted by molar-refractivity contribution is -0.117. The third kappa shape index (κ3) is 6.18. The van der Waals surface area contributed by atoms with Gasteiger partial charge in [-0.25, -0.2) is 0 Å². The smallest absolute Gasteiger partial charge is 0.224 e. The van der Waals surface area contributed by atoms with E-state index in [0.717, 1.165) is 30.7 Å². The molecule has 0 radical (unpaired) electrons. The van der Waals surface area contributed by atoms with Crippen LogP contribution in [-0.4, -0.2) is 18.7 Å². The second kappa shape index (κ2) is 11.3. The Morgan fingerprint density at radius 1 is 1.07 bits per heavy atom. The van der Waals surface area contributed by atoms with Gasteiger partial charge < -0.3 is 5.32 Å². The average molecular weight is 425 g/mol. The van der Waals surface area contributed by atoms with E-state index in [2.05, 4.69) is 41.5 Å². The highest BCUT2D eigenvalue weighted by Crippen LogP contribution is 2.35. The molecule has 1 aromatic carbocycles. The number of allylic oxidation sites excluding steroid dienone is 6. The predicted octanol–water partition coefficient (Wildman–Crippen LogP) is 7.16. The van der Waals surface area contributed by atoms with Gasteiger partial charge >= 0.3 is 0 Å². The van der Waals surface area contributed by atoms with Crippen LogP contribution in [0, 0.1) is 11.8 Å². The first kappa shape index (κ1) is 22.6. The molecule has 1 saturated carbocycles. The van der Waals surface area contributed by atoms with Crippen molar-refractivity contribution in [3.05, 3.63) is 64.7 Å². The molecule has 0 bridgehead atoms. The third-order valence-corrected chi connectivity index (χ3v) is 6.55. The number of nitrogens with one attached hydrogen (secondary N) is 1. The summed E-state index contributed by atoms with van der Waals surface area (Å²) >= 11 is 5.92. The zero-order valence-corrected chi connectivity index (χ0v) is 18.9. The number of aliphatic imine (C=N–C) groups is 1. The molecule has 1 fully saturated rings. The van der Waals surface area contributed by atoms with Gasteiger partial charge in [0.1, 0.15) is 0 Å². The maximum absolute atomic E-state index is 12.5. The zero-order chi connectivity index (χ0) is 21.3. The Morgan fingerprint density at radius 2 is 1.73 bits per heavy atom. The van der Waals surface area contributed by atoms with E-state index >= 15 is 0 Å². The van der Waals surface area contributed by atoms with Gasteiger partial charge in [-0.3, -0.25) is 9.79 Å². The average Bonchev–Trinajstić information content (AvgIpc) is 2.73. The number of carbonyl (C=O) groups is 1. The normalized spacial score (nSPS) is 25.0. The van der Waals surface area contributed by atoms with Crippen LogP contribution in [0.3, 0.4) is 0 Å². The Kier molecular flexibility index (Phi) is 8.50. The van der Waals surface area contributed by atoms with Crippen molar-refractivity contribution in [2.24, 2.45) is 16.8 Å². The molecule has 160 valence electrons. The van der Waals surface area contributed by atoms with Gasteiger partial charge in [0, 0.05) is 24.2 Å². The lowest BCUT2D eigenvalue weighted by Crippen LogP contribution is -2.19. The summed E-state index contributed by atoms with van der Waals surface area (Å²) in [7, 11) is 1.88. The van der Waals surface area contributed by atoms with Crippen molar-refractivity contribution < 1.29 is 4.79 Å². The SMILES string of the molecule is CC/C(=C1/C=CC=CC1=NC)C1CCCC(CC(=O)Nc2ccc(Cl)cc2)CCC1. The summed E-state index contributed by atoms with van der Waals surface area (Å²) in [5, 5.41) is 3.69. The van der Waals surface area contributed by atoms with Crippen molar-refractivity contribution >= 4 is 28.9 Å². The van der Waals surface area contributed by atoms with Crippen LogP contribution in [-0.2, 0) is 4.79 Å². The Bertz CT molecular complexity index is 838. The van der Waals surface area contributed by atoms with Gasteiger partial charge in [-0.05, 0) is 79.9 Å². The lowest BCUT2D eigenvalue weighted by atomic mass is 9.78. The number of nitrogens with zero attached hydrogens (tertiary/aromatic N) is 1. The minimum atomic E-state index is 0.110. The van der Waals surface area contributed by atoms with E-state index in [1.807, 2.05) is 19.2 Å². The third-order valence-electron chi connectivity index (χ3n) is 6.30. The Balaban J connectivity index is 1.56. The van der Waals surface area contributed by atoms with Gasteiger partial charge in [0.2, 0.25) is 5.91 Å². The zero-order valence-electron chi connectivity index (χ0n) is 18.2. The maximum Gasteiger partial charge on any atom is 0.224 e. The number of hydrogen-bond donors (Lipinski definition) is 1. The van der Waals surface area contributed by atoms with Gasteiger partial charge in [0.25, 0.3) is 0 Å². The Hall–Kier alpha value is -2.13. The fourth-order valence-corrected chi connectivity index (χ4v) is 4.92. The highest BCUT2D eigenvalue weighted by Gasteiger charge is 2.23. The second-order valence-electron chi connectivity index (χ2n) is 8.30. The number of rotatable bonds is 5.